The Morgan fingerprint density at radius 1 is 0.652 bits per heavy atom. The van der Waals surface area contributed by atoms with Gasteiger partial charge in [0.1, 0.15) is 0 Å². The van der Waals surface area contributed by atoms with Crippen LogP contribution in [0.25, 0.3) is 50.3 Å². The van der Waals surface area contributed by atoms with Crippen LogP contribution in [0, 0.1) is 0 Å². The smallest absolute Gasteiger partial charge is 0.238 e. The van der Waals surface area contributed by atoms with Crippen molar-refractivity contribution in [1.82, 2.24) is 30.2 Å². The van der Waals surface area contributed by atoms with Crippen LogP contribution in [0.4, 0.5) is 5.69 Å². The van der Waals surface area contributed by atoms with Gasteiger partial charge < -0.3 is 20.7 Å². The van der Waals surface area contributed by atoms with E-state index in [9.17, 15) is 0 Å². The van der Waals surface area contributed by atoms with Gasteiger partial charge >= 0.3 is 0 Å². The maximum absolute atomic E-state index is 6.62. The third kappa shape index (κ3) is 4.42. The number of hydrogen-bond acceptors (Lipinski definition) is 7. The van der Waals surface area contributed by atoms with Gasteiger partial charge in [0, 0.05) is 35.2 Å². The van der Waals surface area contributed by atoms with Crippen LogP contribution >= 0.6 is 0 Å². The van der Waals surface area contributed by atoms with Crippen LogP contribution in [0.2, 0.25) is 0 Å². The number of aromatic nitrogens is 4. The molecule has 0 bridgehead atoms. The second-order valence-electron chi connectivity index (χ2n) is 11.4. The summed E-state index contributed by atoms with van der Waals surface area (Å²) in [5.74, 6) is 2.62. The predicted molar refractivity (Wildman–Crippen MR) is 183 cm³/mol. The van der Waals surface area contributed by atoms with Gasteiger partial charge in [-0.25, -0.2) is 4.98 Å². The maximum Gasteiger partial charge on any atom is 0.238 e. The highest BCUT2D eigenvalue weighted by Crippen LogP contribution is 2.47. The summed E-state index contributed by atoms with van der Waals surface area (Å²) in [6.45, 7) is 1.53. The van der Waals surface area contributed by atoms with Crippen molar-refractivity contribution in [2.45, 2.75) is 6.23 Å². The highest BCUT2D eigenvalue weighted by Gasteiger charge is 2.29. The summed E-state index contributed by atoms with van der Waals surface area (Å²) in [5, 5.41) is 12.1. The van der Waals surface area contributed by atoms with Gasteiger partial charge in [-0.3, -0.25) is 4.57 Å². The maximum atomic E-state index is 6.62. The number of dihydropyridines is 2. The number of nitrogens with one attached hydrogen (secondary N) is 3. The van der Waals surface area contributed by atoms with E-state index in [0.29, 0.717) is 24.1 Å². The molecular weight excluding hydrogens is 570 g/mol. The van der Waals surface area contributed by atoms with E-state index < -0.39 is 0 Å². The largest absolute Gasteiger partial charge is 0.464 e. The van der Waals surface area contributed by atoms with Crippen molar-refractivity contribution in [2.24, 2.45) is 0 Å². The number of nitrogens with zero attached hydrogens (tertiary/aromatic N) is 4. The molecule has 0 radical (unpaired) electrons. The highest BCUT2D eigenvalue weighted by atomic mass is 16.5. The molecule has 0 saturated heterocycles. The molecule has 0 amide bonds. The van der Waals surface area contributed by atoms with E-state index in [1.54, 1.807) is 0 Å². The molecule has 6 aromatic rings. The third-order valence-electron chi connectivity index (χ3n) is 8.61. The van der Waals surface area contributed by atoms with Crippen LogP contribution in [0.3, 0.4) is 0 Å². The first-order chi connectivity index (χ1) is 22.8. The molecule has 1 unspecified atom stereocenters. The average Bonchev–Trinajstić information content (AvgIpc) is 3.72. The molecule has 3 N–H and O–H groups in total. The fraction of sp³-hybridized carbons (Fsp3) is 0.0789. The highest BCUT2D eigenvalue weighted by molar-refractivity contribution is 6.14. The van der Waals surface area contributed by atoms with Crippen LogP contribution in [0.5, 0.6) is 5.75 Å². The molecule has 3 aliphatic rings. The molecule has 222 valence electrons. The third-order valence-corrected chi connectivity index (χ3v) is 8.61. The molecule has 4 aromatic carbocycles. The van der Waals surface area contributed by atoms with Gasteiger partial charge in [0.15, 0.2) is 23.6 Å². The van der Waals surface area contributed by atoms with Crippen LogP contribution in [0.15, 0.2) is 128 Å². The number of hydrogen-bond donors (Lipinski definition) is 3. The molecule has 2 aromatic heterocycles. The molecule has 8 heteroatoms. The van der Waals surface area contributed by atoms with Crippen LogP contribution < -0.4 is 20.7 Å². The molecule has 1 atom stereocenters. The molecule has 46 heavy (non-hydrogen) atoms. The van der Waals surface area contributed by atoms with Crippen LogP contribution in [-0.2, 0) is 0 Å². The second kappa shape index (κ2) is 10.8. The molecular formula is C38H29N7O. The zero-order valence-corrected chi connectivity index (χ0v) is 24.8. The summed E-state index contributed by atoms with van der Waals surface area (Å²) in [6, 6.07) is 31.2. The summed E-state index contributed by atoms with van der Waals surface area (Å²) in [7, 11) is 0. The lowest BCUT2D eigenvalue weighted by atomic mass is 10.0. The minimum absolute atomic E-state index is 0.267. The zero-order chi connectivity index (χ0) is 30.5. The van der Waals surface area contributed by atoms with Gasteiger partial charge in [0.05, 0.1) is 22.1 Å². The summed E-state index contributed by atoms with van der Waals surface area (Å²) in [4.78, 5) is 15.2. The van der Waals surface area contributed by atoms with Crippen molar-refractivity contribution in [3.8, 4) is 23.1 Å². The number of benzene rings is 4. The molecule has 3 aliphatic heterocycles. The summed E-state index contributed by atoms with van der Waals surface area (Å²) >= 11 is 0. The number of fused-ring (bicyclic) bond motifs is 5. The Morgan fingerprint density at radius 3 is 2.15 bits per heavy atom. The first kappa shape index (κ1) is 26.3. The first-order valence-electron chi connectivity index (χ1n) is 15.4. The monoisotopic (exact) mass is 599 g/mol. The van der Waals surface area contributed by atoms with Gasteiger partial charge in [-0.2, -0.15) is 9.97 Å². The lowest BCUT2D eigenvalue weighted by Gasteiger charge is -2.13. The van der Waals surface area contributed by atoms with E-state index in [2.05, 4.69) is 105 Å². The van der Waals surface area contributed by atoms with Crippen molar-refractivity contribution in [3.63, 3.8) is 0 Å². The minimum Gasteiger partial charge on any atom is -0.464 e. The second-order valence-corrected chi connectivity index (χ2v) is 11.4. The topological polar surface area (TPSA) is 88.9 Å². The molecule has 5 heterocycles. The normalized spacial score (nSPS) is 16.7. The SMILES string of the molecule is C1=CC(c2ccc(-c3nc(C4=CCNC=C4)nc(-n4c5ccccc5c5c6c(ccc54)NC(c4ccccc4)O6)n3)cc2)=CCN1. The fourth-order valence-corrected chi connectivity index (χ4v) is 6.37. The predicted octanol–water partition coefficient (Wildman–Crippen LogP) is 7.14. The molecule has 0 spiro atoms. The van der Waals surface area contributed by atoms with E-state index in [-0.39, 0.29) is 6.23 Å². The number of anilines is 1. The van der Waals surface area contributed by atoms with Crippen LogP contribution in [-0.4, -0.2) is 32.6 Å². The Kier molecular flexibility index (Phi) is 6.16. The van der Waals surface area contributed by atoms with Gasteiger partial charge in [-0.05, 0) is 53.9 Å². The van der Waals surface area contributed by atoms with Gasteiger partial charge in [0.2, 0.25) is 5.95 Å². The average molecular weight is 600 g/mol. The number of rotatable bonds is 5. The Labute approximate surface area is 265 Å². The Bertz CT molecular complexity index is 2260. The quantitative estimate of drug-likeness (QED) is 0.194. The van der Waals surface area contributed by atoms with Crippen LogP contribution in [0.1, 0.15) is 23.2 Å². The first-order valence-corrected chi connectivity index (χ1v) is 15.4. The molecule has 0 fully saturated rings. The summed E-state index contributed by atoms with van der Waals surface area (Å²) < 4.78 is 8.75. The number of para-hydroxylation sites is 1. The van der Waals surface area contributed by atoms with Crippen molar-refractivity contribution >= 4 is 38.6 Å². The van der Waals surface area contributed by atoms with Crippen molar-refractivity contribution in [2.75, 3.05) is 18.4 Å². The Hall–Kier alpha value is -6.15. The zero-order valence-electron chi connectivity index (χ0n) is 24.8. The van der Waals surface area contributed by atoms with Gasteiger partial charge in [-0.15, -0.1) is 0 Å². The summed E-state index contributed by atoms with van der Waals surface area (Å²) in [5.41, 5.74) is 8.21. The van der Waals surface area contributed by atoms with E-state index in [1.165, 1.54) is 5.57 Å². The molecule has 8 nitrogen and oxygen atoms in total. The fourth-order valence-electron chi connectivity index (χ4n) is 6.37. The van der Waals surface area contributed by atoms with Gasteiger partial charge in [0.25, 0.3) is 0 Å². The lowest BCUT2D eigenvalue weighted by molar-refractivity contribution is 0.263. The standard InChI is InChI=1S/C38H29N7O/c1-2-6-28(7-3-1)37-41-30-14-15-32-33(34(30)46-37)29-8-4-5-9-31(29)45(32)38-43-35(42-36(44-38)27-18-22-40-23-19-27)26-12-10-24(11-13-26)25-16-20-39-21-17-25/h1-20,22,37,39-41H,21,23H2. The van der Waals surface area contributed by atoms with E-state index >= 15 is 0 Å². The van der Waals surface area contributed by atoms with Gasteiger partial charge in [-0.1, -0.05) is 84.9 Å². The summed E-state index contributed by atoms with van der Waals surface area (Å²) in [6.07, 6.45) is 12.0. The molecule has 9 rings (SSSR count). The lowest BCUT2D eigenvalue weighted by Crippen LogP contribution is -2.12. The minimum atomic E-state index is -0.267. The Morgan fingerprint density at radius 2 is 1.37 bits per heavy atom. The van der Waals surface area contributed by atoms with Crippen molar-refractivity contribution in [3.05, 3.63) is 145 Å². The van der Waals surface area contributed by atoms with Crippen molar-refractivity contribution in [1.29, 1.82) is 0 Å². The molecule has 0 aliphatic carbocycles. The number of ether oxygens (including phenoxy) is 1. The van der Waals surface area contributed by atoms with E-state index in [1.807, 2.05) is 42.7 Å². The Balaban J connectivity index is 1.22. The van der Waals surface area contributed by atoms with Crippen molar-refractivity contribution < 1.29 is 4.74 Å². The van der Waals surface area contributed by atoms with E-state index in [0.717, 1.165) is 62.1 Å². The number of allylic oxidation sites excluding steroid dienone is 4. The molecule has 0 saturated carbocycles. The van der Waals surface area contributed by atoms with E-state index in [4.69, 9.17) is 19.7 Å².